The van der Waals surface area contributed by atoms with E-state index in [4.69, 9.17) is 4.74 Å². The molecule has 0 saturated carbocycles. The van der Waals surface area contributed by atoms with Gasteiger partial charge in [0.1, 0.15) is 11.5 Å². The maximum absolute atomic E-state index is 6.44. The van der Waals surface area contributed by atoms with Crippen molar-refractivity contribution in [3.05, 3.63) is 59.7 Å². The molecule has 2 aromatic rings. The molecule has 2 aromatic carbocycles. The Kier molecular flexibility index (Phi) is 26.0. The Balaban J connectivity index is 1.51. The second-order valence-electron chi connectivity index (χ2n) is 14.0. The molecule has 256 valence electrons. The molecule has 0 aliphatic rings. The third-order valence-corrected chi connectivity index (χ3v) is 9.72. The zero-order chi connectivity index (χ0) is 31.9. The van der Waals surface area contributed by atoms with E-state index in [1.807, 2.05) is 0 Å². The molecule has 1 nitrogen and oxygen atoms in total. The lowest BCUT2D eigenvalue weighted by Gasteiger charge is -2.12. The molecule has 0 spiro atoms. The average molecular weight is 619 g/mol. The molecule has 0 radical (unpaired) electrons. The number of hydrogen-bond donors (Lipinski definition) is 0. The first kappa shape index (κ1) is 39.4. The Morgan fingerprint density at radius 2 is 0.778 bits per heavy atom. The van der Waals surface area contributed by atoms with E-state index in [1.165, 1.54) is 191 Å². The summed E-state index contributed by atoms with van der Waals surface area (Å²) in [6.45, 7) is 4.60. The van der Waals surface area contributed by atoms with Crippen LogP contribution in [0.3, 0.4) is 0 Å². The first-order valence-electron chi connectivity index (χ1n) is 20.2. The fraction of sp³-hybridized carbons (Fsp3) is 0.727. The molecular weight excluding hydrogens is 544 g/mol. The number of para-hydroxylation sites is 1. The second-order valence-corrected chi connectivity index (χ2v) is 14.0. The van der Waals surface area contributed by atoms with Gasteiger partial charge in [0.25, 0.3) is 0 Å². The number of ether oxygens (including phenoxy) is 1. The largest absolute Gasteiger partial charge is 0.457 e. The monoisotopic (exact) mass is 619 g/mol. The van der Waals surface area contributed by atoms with Gasteiger partial charge in [-0.05, 0) is 55.0 Å². The van der Waals surface area contributed by atoms with Crippen molar-refractivity contribution < 1.29 is 4.74 Å². The highest BCUT2D eigenvalue weighted by atomic mass is 16.5. The minimum absolute atomic E-state index is 0.992. The smallest absolute Gasteiger partial charge is 0.130 e. The highest BCUT2D eigenvalue weighted by Crippen LogP contribution is 2.28. The number of unbranched alkanes of at least 4 members (excludes halogenated alkanes) is 26. The first-order chi connectivity index (χ1) is 22.3. The Morgan fingerprint density at radius 3 is 1.24 bits per heavy atom. The molecule has 0 amide bonds. The van der Waals surface area contributed by atoms with Crippen molar-refractivity contribution in [2.24, 2.45) is 0 Å². The molecule has 2 rings (SSSR count). The van der Waals surface area contributed by atoms with Gasteiger partial charge in [0.2, 0.25) is 0 Å². The maximum Gasteiger partial charge on any atom is 0.130 e. The summed E-state index contributed by atoms with van der Waals surface area (Å²) in [4.78, 5) is 0. The van der Waals surface area contributed by atoms with Crippen molar-refractivity contribution in [1.82, 2.24) is 0 Å². The van der Waals surface area contributed by atoms with Gasteiger partial charge in [-0.15, -0.1) is 0 Å². The maximum atomic E-state index is 6.44. The number of benzene rings is 2. The van der Waals surface area contributed by atoms with Gasteiger partial charge in [-0.3, -0.25) is 0 Å². The second kappa shape index (κ2) is 29.6. The quantitative estimate of drug-likeness (QED) is 0.0741. The highest BCUT2D eigenvalue weighted by molar-refractivity contribution is 5.39. The van der Waals surface area contributed by atoms with Crippen molar-refractivity contribution in [3.63, 3.8) is 0 Å². The zero-order valence-electron chi connectivity index (χ0n) is 30.2. The Bertz CT molecular complexity index is 901. The van der Waals surface area contributed by atoms with Gasteiger partial charge in [0.05, 0.1) is 0 Å². The van der Waals surface area contributed by atoms with E-state index in [9.17, 15) is 0 Å². The summed E-state index contributed by atoms with van der Waals surface area (Å²) in [5, 5.41) is 0. The summed E-state index contributed by atoms with van der Waals surface area (Å²) in [6.07, 6.45) is 41.8. The van der Waals surface area contributed by atoms with Gasteiger partial charge >= 0.3 is 0 Å². The zero-order valence-corrected chi connectivity index (χ0v) is 30.2. The van der Waals surface area contributed by atoms with E-state index in [2.05, 4.69) is 62.4 Å². The molecule has 0 bridgehead atoms. The van der Waals surface area contributed by atoms with E-state index in [0.29, 0.717) is 0 Å². The number of aryl methyl sites for hydroxylation is 2. The van der Waals surface area contributed by atoms with Gasteiger partial charge in [0, 0.05) is 0 Å². The van der Waals surface area contributed by atoms with E-state index >= 15 is 0 Å². The number of hydrogen-bond acceptors (Lipinski definition) is 1. The van der Waals surface area contributed by atoms with Crippen LogP contribution >= 0.6 is 0 Å². The van der Waals surface area contributed by atoms with Crippen LogP contribution in [0.5, 0.6) is 11.5 Å². The Morgan fingerprint density at radius 1 is 0.378 bits per heavy atom. The third-order valence-electron chi connectivity index (χ3n) is 9.72. The summed E-state index contributed by atoms with van der Waals surface area (Å²) in [7, 11) is 0. The van der Waals surface area contributed by atoms with Crippen molar-refractivity contribution >= 4 is 0 Å². The van der Waals surface area contributed by atoms with Crippen LogP contribution in [0.1, 0.15) is 205 Å². The molecule has 0 saturated heterocycles. The van der Waals surface area contributed by atoms with Gasteiger partial charge in [0.15, 0.2) is 0 Å². The fourth-order valence-corrected chi connectivity index (χ4v) is 6.74. The lowest BCUT2D eigenvalue weighted by molar-refractivity contribution is 0.473. The Hall–Kier alpha value is -1.76. The summed E-state index contributed by atoms with van der Waals surface area (Å²) in [6, 6.07) is 17.5. The molecule has 0 N–H and O–H groups in total. The van der Waals surface area contributed by atoms with Gasteiger partial charge in [-0.25, -0.2) is 0 Å². The minimum atomic E-state index is 0.992. The molecule has 0 aliphatic heterocycles. The standard InChI is InChI=1S/C44H74O/c1-3-5-7-9-11-13-15-17-19-21-23-25-27-29-34-41-35-33-38-43(40-41)45-44-39-32-31-37-42(44)36-30-28-26-24-22-20-18-16-14-12-10-8-6-4-2/h31-33,35,37-40H,3-30,34,36H2,1-2H3. The van der Waals surface area contributed by atoms with Gasteiger partial charge in [-0.2, -0.15) is 0 Å². The van der Waals surface area contributed by atoms with E-state index < -0.39 is 0 Å². The molecule has 1 heteroatoms. The highest BCUT2D eigenvalue weighted by Gasteiger charge is 2.06. The van der Waals surface area contributed by atoms with Crippen LogP contribution in [-0.4, -0.2) is 0 Å². The topological polar surface area (TPSA) is 9.23 Å². The number of rotatable bonds is 32. The Labute approximate surface area is 281 Å². The van der Waals surface area contributed by atoms with Crippen molar-refractivity contribution in [2.75, 3.05) is 0 Å². The summed E-state index contributed by atoms with van der Waals surface area (Å²) < 4.78 is 6.44. The molecule has 0 atom stereocenters. The van der Waals surface area contributed by atoms with E-state index in [1.54, 1.807) is 0 Å². The lowest BCUT2D eigenvalue weighted by Crippen LogP contribution is -1.94. The normalized spacial score (nSPS) is 11.3. The van der Waals surface area contributed by atoms with Crippen LogP contribution in [0.2, 0.25) is 0 Å². The SMILES string of the molecule is CCCCCCCCCCCCCCCCc1cccc(Oc2ccccc2CCCCCCCCCCCCCCCC)c1. The molecular formula is C44H74O. The first-order valence-corrected chi connectivity index (χ1v) is 20.2. The average Bonchev–Trinajstić information content (AvgIpc) is 3.06. The molecule has 0 aliphatic carbocycles. The van der Waals surface area contributed by atoms with Crippen LogP contribution in [-0.2, 0) is 12.8 Å². The molecule has 0 unspecified atom stereocenters. The van der Waals surface area contributed by atoms with E-state index in [-0.39, 0.29) is 0 Å². The molecule has 0 fully saturated rings. The van der Waals surface area contributed by atoms with Gasteiger partial charge < -0.3 is 4.74 Å². The predicted octanol–water partition coefficient (Wildman–Crippen LogP) is 15.5. The van der Waals surface area contributed by atoms with Crippen LogP contribution in [0.25, 0.3) is 0 Å². The third kappa shape index (κ3) is 22.4. The predicted molar refractivity (Wildman–Crippen MR) is 201 cm³/mol. The van der Waals surface area contributed by atoms with E-state index in [0.717, 1.165) is 24.3 Å². The van der Waals surface area contributed by atoms with Gasteiger partial charge in [-0.1, -0.05) is 211 Å². The fourth-order valence-electron chi connectivity index (χ4n) is 6.74. The molecule has 0 aromatic heterocycles. The lowest BCUT2D eigenvalue weighted by atomic mass is 10.0. The van der Waals surface area contributed by atoms with Crippen molar-refractivity contribution in [2.45, 2.75) is 206 Å². The summed E-state index contributed by atoms with van der Waals surface area (Å²) in [5.41, 5.74) is 2.77. The molecule has 0 heterocycles. The van der Waals surface area contributed by atoms with Crippen LogP contribution in [0.15, 0.2) is 48.5 Å². The van der Waals surface area contributed by atoms with Crippen LogP contribution in [0.4, 0.5) is 0 Å². The van der Waals surface area contributed by atoms with Crippen molar-refractivity contribution in [3.8, 4) is 11.5 Å². The summed E-state index contributed by atoms with van der Waals surface area (Å²) >= 11 is 0. The van der Waals surface area contributed by atoms with Crippen LogP contribution in [0, 0.1) is 0 Å². The minimum Gasteiger partial charge on any atom is -0.457 e. The molecule has 45 heavy (non-hydrogen) atoms. The van der Waals surface area contributed by atoms with Crippen molar-refractivity contribution in [1.29, 1.82) is 0 Å². The van der Waals surface area contributed by atoms with Crippen LogP contribution < -0.4 is 4.74 Å². The summed E-state index contributed by atoms with van der Waals surface area (Å²) in [5.74, 6) is 2.03.